The highest BCUT2D eigenvalue weighted by Crippen LogP contribution is 2.17. The number of rotatable bonds is 4. The van der Waals surface area contributed by atoms with Gasteiger partial charge in [0.05, 0.1) is 6.20 Å². The monoisotopic (exact) mass is 338 g/mol. The summed E-state index contributed by atoms with van der Waals surface area (Å²) in [5.41, 5.74) is 1.66. The number of aromatic amines is 1. The van der Waals surface area contributed by atoms with E-state index >= 15 is 0 Å². The molecule has 1 N–H and O–H groups in total. The minimum absolute atomic E-state index is 0.125. The maximum Gasteiger partial charge on any atom is 0.260 e. The van der Waals surface area contributed by atoms with Crippen molar-refractivity contribution in [3.05, 3.63) is 47.4 Å². The summed E-state index contributed by atoms with van der Waals surface area (Å²) in [6.07, 6.45) is 1.43. The van der Waals surface area contributed by atoms with Gasteiger partial charge in [0, 0.05) is 32.7 Å². The molecule has 1 aliphatic heterocycles. The molecule has 3 rings (SSSR count). The number of nitrogens with zero attached hydrogens (tertiary/aromatic N) is 3. The van der Waals surface area contributed by atoms with Crippen LogP contribution in [0.2, 0.25) is 0 Å². The number of piperazine rings is 1. The van der Waals surface area contributed by atoms with E-state index in [9.17, 15) is 12.8 Å². The van der Waals surface area contributed by atoms with Crippen LogP contribution in [0.5, 0.6) is 0 Å². The number of benzene rings is 1. The van der Waals surface area contributed by atoms with Crippen molar-refractivity contribution >= 4 is 10.0 Å². The van der Waals surface area contributed by atoms with Crippen molar-refractivity contribution in [2.45, 2.75) is 18.5 Å². The van der Waals surface area contributed by atoms with Gasteiger partial charge in [-0.15, -0.1) is 0 Å². The summed E-state index contributed by atoms with van der Waals surface area (Å²) in [4.78, 5) is 2.17. The fourth-order valence-corrected chi connectivity index (χ4v) is 4.04. The predicted octanol–water partition coefficient (Wildman–Crippen LogP) is 1.36. The molecule has 1 aliphatic rings. The highest BCUT2D eigenvalue weighted by Gasteiger charge is 2.29. The van der Waals surface area contributed by atoms with Crippen molar-refractivity contribution in [2.75, 3.05) is 26.2 Å². The summed E-state index contributed by atoms with van der Waals surface area (Å²) in [5, 5.41) is 6.33. The SMILES string of the molecule is Cc1cc(CN2CCN(S(=O)(=O)c3ccn[nH]3)CC2)ccc1F. The molecular formula is C15H19FN4O2S. The maximum absolute atomic E-state index is 13.3. The summed E-state index contributed by atoms with van der Waals surface area (Å²) >= 11 is 0. The zero-order valence-corrected chi connectivity index (χ0v) is 13.7. The van der Waals surface area contributed by atoms with Gasteiger partial charge in [-0.1, -0.05) is 12.1 Å². The summed E-state index contributed by atoms with van der Waals surface area (Å²) < 4.78 is 39.5. The molecule has 0 aliphatic carbocycles. The quantitative estimate of drug-likeness (QED) is 0.914. The Kier molecular flexibility index (Phi) is 4.47. The molecule has 2 aromatic rings. The second kappa shape index (κ2) is 6.38. The Bertz CT molecular complexity index is 769. The topological polar surface area (TPSA) is 69.3 Å². The van der Waals surface area contributed by atoms with E-state index in [1.165, 1.54) is 22.6 Å². The Morgan fingerprint density at radius 2 is 1.96 bits per heavy atom. The van der Waals surface area contributed by atoms with Crippen molar-refractivity contribution in [1.82, 2.24) is 19.4 Å². The van der Waals surface area contributed by atoms with E-state index < -0.39 is 10.0 Å². The molecule has 0 spiro atoms. The fraction of sp³-hybridized carbons (Fsp3) is 0.400. The van der Waals surface area contributed by atoms with Crippen LogP contribution in [0.1, 0.15) is 11.1 Å². The molecule has 0 amide bonds. The lowest BCUT2D eigenvalue weighted by Crippen LogP contribution is -2.48. The molecule has 0 saturated carbocycles. The molecule has 2 heterocycles. The van der Waals surface area contributed by atoms with Crippen molar-refractivity contribution in [1.29, 1.82) is 0 Å². The van der Waals surface area contributed by atoms with Gasteiger partial charge in [0.1, 0.15) is 5.82 Å². The van der Waals surface area contributed by atoms with Crippen molar-refractivity contribution in [3.63, 3.8) is 0 Å². The number of aromatic nitrogens is 2. The summed E-state index contributed by atoms with van der Waals surface area (Å²) in [6, 6.07) is 6.55. The van der Waals surface area contributed by atoms with Crippen molar-refractivity contribution in [3.8, 4) is 0 Å². The molecule has 124 valence electrons. The lowest BCUT2D eigenvalue weighted by molar-refractivity contribution is 0.181. The second-order valence-corrected chi connectivity index (χ2v) is 7.59. The van der Waals surface area contributed by atoms with Crippen LogP contribution in [0, 0.1) is 12.7 Å². The average molecular weight is 338 g/mol. The number of H-pyrrole nitrogens is 1. The first-order valence-corrected chi connectivity index (χ1v) is 8.88. The van der Waals surface area contributed by atoms with Crippen LogP contribution in [0.15, 0.2) is 35.5 Å². The van der Waals surface area contributed by atoms with Gasteiger partial charge in [0.25, 0.3) is 10.0 Å². The zero-order valence-electron chi connectivity index (χ0n) is 12.9. The standard InChI is InChI=1S/C15H19FN4O2S/c1-12-10-13(2-3-14(12)16)11-19-6-8-20(9-7-19)23(21,22)15-4-5-17-18-15/h2-5,10H,6-9,11H2,1H3,(H,17,18). The first-order chi connectivity index (χ1) is 11.0. The van der Waals surface area contributed by atoms with E-state index in [1.54, 1.807) is 13.0 Å². The highest BCUT2D eigenvalue weighted by atomic mass is 32.2. The van der Waals surface area contributed by atoms with Crippen LogP contribution in [0.4, 0.5) is 4.39 Å². The predicted molar refractivity (Wildman–Crippen MR) is 83.8 cm³/mol. The molecule has 1 saturated heterocycles. The molecule has 0 bridgehead atoms. The third-order valence-electron chi connectivity index (χ3n) is 4.05. The lowest BCUT2D eigenvalue weighted by Gasteiger charge is -2.33. The van der Waals surface area contributed by atoms with Gasteiger partial charge in [-0.2, -0.15) is 9.40 Å². The molecule has 0 radical (unpaired) electrons. The molecule has 8 heteroatoms. The zero-order chi connectivity index (χ0) is 16.4. The Hall–Kier alpha value is -1.77. The number of sulfonamides is 1. The number of hydrogen-bond donors (Lipinski definition) is 1. The van der Waals surface area contributed by atoms with Gasteiger partial charge >= 0.3 is 0 Å². The Balaban J connectivity index is 1.61. The van der Waals surface area contributed by atoms with Gasteiger partial charge in [-0.25, -0.2) is 12.8 Å². The van der Waals surface area contributed by atoms with Crippen molar-refractivity contribution in [2.24, 2.45) is 0 Å². The minimum atomic E-state index is -3.49. The van der Waals surface area contributed by atoms with Gasteiger partial charge in [0.2, 0.25) is 0 Å². The molecule has 0 unspecified atom stereocenters. The minimum Gasteiger partial charge on any atom is -0.296 e. The highest BCUT2D eigenvalue weighted by molar-refractivity contribution is 7.89. The lowest BCUT2D eigenvalue weighted by atomic mass is 10.1. The van der Waals surface area contributed by atoms with E-state index in [-0.39, 0.29) is 10.8 Å². The second-order valence-electron chi connectivity index (χ2n) is 5.68. The summed E-state index contributed by atoms with van der Waals surface area (Å²) in [6.45, 7) is 4.59. The number of hydrogen-bond acceptors (Lipinski definition) is 4. The molecule has 1 aromatic heterocycles. The molecule has 0 atom stereocenters. The van der Waals surface area contributed by atoms with Crippen LogP contribution >= 0.6 is 0 Å². The number of aryl methyl sites for hydroxylation is 1. The average Bonchev–Trinajstić information content (AvgIpc) is 3.07. The fourth-order valence-electron chi connectivity index (χ4n) is 2.72. The summed E-state index contributed by atoms with van der Waals surface area (Å²) in [7, 11) is -3.49. The number of nitrogens with one attached hydrogen (secondary N) is 1. The van der Waals surface area contributed by atoms with Crippen molar-refractivity contribution < 1.29 is 12.8 Å². The van der Waals surface area contributed by atoms with Crippen LogP contribution < -0.4 is 0 Å². The van der Waals surface area contributed by atoms with E-state index in [0.29, 0.717) is 38.3 Å². The Morgan fingerprint density at radius 1 is 1.22 bits per heavy atom. The van der Waals surface area contributed by atoms with E-state index in [4.69, 9.17) is 0 Å². The number of halogens is 1. The van der Waals surface area contributed by atoms with Crippen LogP contribution in [-0.4, -0.2) is 54.0 Å². The van der Waals surface area contributed by atoms with Gasteiger partial charge in [-0.05, 0) is 30.2 Å². The third-order valence-corrected chi connectivity index (χ3v) is 5.88. The van der Waals surface area contributed by atoms with Gasteiger partial charge < -0.3 is 0 Å². The molecule has 23 heavy (non-hydrogen) atoms. The normalized spacial score (nSPS) is 17.5. The first kappa shape index (κ1) is 16.1. The molecule has 1 fully saturated rings. The summed E-state index contributed by atoms with van der Waals surface area (Å²) in [5.74, 6) is -0.204. The largest absolute Gasteiger partial charge is 0.296 e. The van der Waals surface area contributed by atoms with Gasteiger partial charge in [0.15, 0.2) is 5.03 Å². The van der Waals surface area contributed by atoms with Crippen LogP contribution in [0.25, 0.3) is 0 Å². The Morgan fingerprint density at radius 3 is 2.57 bits per heavy atom. The van der Waals surface area contributed by atoms with Gasteiger partial charge in [-0.3, -0.25) is 10.00 Å². The third kappa shape index (κ3) is 3.44. The molecular weight excluding hydrogens is 319 g/mol. The van der Waals surface area contributed by atoms with E-state index in [2.05, 4.69) is 15.1 Å². The molecule has 6 nitrogen and oxygen atoms in total. The van der Waals surface area contributed by atoms with Crippen LogP contribution in [-0.2, 0) is 16.6 Å². The maximum atomic E-state index is 13.3. The Labute approximate surface area is 135 Å². The van der Waals surface area contributed by atoms with Crippen LogP contribution in [0.3, 0.4) is 0 Å². The first-order valence-electron chi connectivity index (χ1n) is 7.44. The molecule has 1 aromatic carbocycles. The smallest absolute Gasteiger partial charge is 0.260 e. The van der Waals surface area contributed by atoms with E-state index in [1.807, 2.05) is 6.07 Å². The van der Waals surface area contributed by atoms with E-state index in [0.717, 1.165) is 5.56 Å².